The van der Waals surface area contributed by atoms with Crippen molar-refractivity contribution >= 4 is 10.1 Å². The molecule has 0 aromatic carbocycles. The summed E-state index contributed by atoms with van der Waals surface area (Å²) in [6.45, 7) is 2.04. The van der Waals surface area contributed by atoms with Gasteiger partial charge in [0, 0.05) is 0 Å². The van der Waals surface area contributed by atoms with Crippen LogP contribution in [-0.2, 0) is 10.1 Å². The van der Waals surface area contributed by atoms with Gasteiger partial charge in [-0.2, -0.15) is 12.2 Å². The fourth-order valence-corrected chi connectivity index (χ4v) is 1.09. The van der Waals surface area contributed by atoms with Crippen LogP contribution in [0, 0.1) is 5.75 Å². The molecule has 0 saturated heterocycles. The Morgan fingerprint density at radius 3 is 2.27 bits per heavy atom. The maximum atomic E-state index is 10.1. The van der Waals surface area contributed by atoms with E-state index in [9.17, 15) is 8.42 Å². The molecule has 0 saturated carbocycles. The third-order valence-electron chi connectivity index (χ3n) is 1.14. The van der Waals surface area contributed by atoms with Gasteiger partial charge >= 0.3 is 18.9 Å². The summed E-state index contributed by atoms with van der Waals surface area (Å²) in [6.07, 6.45) is 3.34. The van der Waals surface area contributed by atoms with Gasteiger partial charge in [0.2, 0.25) is 0 Å². The summed E-state index contributed by atoms with van der Waals surface area (Å²) >= 11 is 0. The number of rotatable bonds is 5. The molecule has 0 aromatic rings. The standard InChI is InChI=1S/C6H13O3S.Li/c1-2-3-4-5-6-10(7,8)9;/h6H,2-5H2,1H3,(H,7,8,9);/q-1;+1. The van der Waals surface area contributed by atoms with Crippen molar-refractivity contribution in [1.29, 1.82) is 0 Å². The fourth-order valence-electron chi connectivity index (χ4n) is 0.627. The predicted octanol–water partition coefficient (Wildman–Crippen LogP) is -1.38. The van der Waals surface area contributed by atoms with Crippen LogP contribution in [0.4, 0.5) is 0 Å². The zero-order chi connectivity index (χ0) is 8.04. The first-order chi connectivity index (χ1) is 4.56. The molecule has 0 unspecified atom stereocenters. The minimum absolute atomic E-state index is 0. The molecule has 5 heteroatoms. The van der Waals surface area contributed by atoms with Crippen molar-refractivity contribution in [2.24, 2.45) is 0 Å². The van der Waals surface area contributed by atoms with Gasteiger partial charge in [0.15, 0.2) is 0 Å². The molecule has 0 aliphatic rings. The second-order valence-corrected chi connectivity index (χ2v) is 3.54. The van der Waals surface area contributed by atoms with Crippen LogP contribution >= 0.6 is 0 Å². The van der Waals surface area contributed by atoms with Gasteiger partial charge in [0.05, 0.1) is 0 Å². The summed E-state index contributed by atoms with van der Waals surface area (Å²) in [6, 6.07) is 0. The quantitative estimate of drug-likeness (QED) is 0.241. The molecule has 0 aliphatic heterocycles. The van der Waals surface area contributed by atoms with Gasteiger partial charge in [-0.25, -0.2) is 8.42 Å². The molecule has 11 heavy (non-hydrogen) atoms. The van der Waals surface area contributed by atoms with Gasteiger partial charge in [-0.05, 0) is 0 Å². The maximum Gasteiger partial charge on any atom is 1.00 e. The molecule has 1 N–H and O–H groups in total. The van der Waals surface area contributed by atoms with Crippen molar-refractivity contribution in [2.45, 2.75) is 32.6 Å². The van der Waals surface area contributed by atoms with Gasteiger partial charge in [0.1, 0.15) is 10.1 Å². The Hall–Kier alpha value is 0.507. The van der Waals surface area contributed by atoms with E-state index in [1.807, 2.05) is 6.92 Å². The van der Waals surface area contributed by atoms with E-state index in [1.165, 1.54) is 0 Å². The fraction of sp³-hybridized carbons (Fsp3) is 0.833. The summed E-state index contributed by atoms with van der Waals surface area (Å²) in [7, 11) is -3.83. The largest absolute Gasteiger partial charge is 1.00 e. The van der Waals surface area contributed by atoms with Gasteiger partial charge in [-0.15, -0.1) is 0 Å². The van der Waals surface area contributed by atoms with Crippen molar-refractivity contribution in [3.05, 3.63) is 5.75 Å². The summed E-state index contributed by atoms with van der Waals surface area (Å²) in [4.78, 5) is 0. The zero-order valence-electron chi connectivity index (χ0n) is 7.08. The Balaban J connectivity index is 0. The first kappa shape index (κ1) is 14.1. The SMILES string of the molecule is CCCCC[CH-]S(=O)(=O)O.[Li+]. The van der Waals surface area contributed by atoms with Crippen LogP contribution in [0.25, 0.3) is 0 Å². The Bertz CT molecular complexity index is 165. The van der Waals surface area contributed by atoms with E-state index in [0.717, 1.165) is 25.0 Å². The minimum atomic E-state index is -3.83. The molecule has 0 atom stereocenters. The van der Waals surface area contributed by atoms with E-state index >= 15 is 0 Å². The average Bonchev–Trinajstić information content (AvgIpc) is 1.78. The van der Waals surface area contributed by atoms with Gasteiger partial charge in [-0.3, -0.25) is 0 Å². The van der Waals surface area contributed by atoms with E-state index < -0.39 is 10.1 Å². The van der Waals surface area contributed by atoms with E-state index in [-0.39, 0.29) is 18.9 Å². The third-order valence-corrected chi connectivity index (χ3v) is 1.79. The van der Waals surface area contributed by atoms with Crippen LogP contribution in [0.5, 0.6) is 0 Å². The van der Waals surface area contributed by atoms with Crippen molar-refractivity contribution < 1.29 is 31.8 Å². The second kappa shape index (κ2) is 7.17. The van der Waals surface area contributed by atoms with Gasteiger partial charge < -0.3 is 4.55 Å². The predicted molar refractivity (Wildman–Crippen MR) is 40.0 cm³/mol. The maximum absolute atomic E-state index is 10.1. The van der Waals surface area contributed by atoms with E-state index in [1.54, 1.807) is 0 Å². The molecule has 0 heterocycles. The molecule has 0 rings (SSSR count). The number of hydrogen-bond donors (Lipinski definition) is 1. The molecule has 0 radical (unpaired) electrons. The van der Waals surface area contributed by atoms with Crippen molar-refractivity contribution in [1.82, 2.24) is 0 Å². The minimum Gasteiger partial charge on any atom is -0.309 e. The van der Waals surface area contributed by atoms with Crippen LogP contribution in [0.3, 0.4) is 0 Å². The molecule has 0 fully saturated rings. The molecular formula is C6H13LiO3S. The Kier molecular flexibility index (Phi) is 9.16. The van der Waals surface area contributed by atoms with Gasteiger partial charge in [-0.1, -0.05) is 26.2 Å². The van der Waals surface area contributed by atoms with Crippen LogP contribution in [-0.4, -0.2) is 13.0 Å². The molecule has 62 valence electrons. The van der Waals surface area contributed by atoms with Crippen molar-refractivity contribution in [3.8, 4) is 0 Å². The van der Waals surface area contributed by atoms with Crippen LogP contribution in [0.2, 0.25) is 0 Å². The molecule has 3 nitrogen and oxygen atoms in total. The molecule has 0 aliphatic carbocycles. The van der Waals surface area contributed by atoms with Crippen molar-refractivity contribution in [2.75, 3.05) is 0 Å². The summed E-state index contributed by atoms with van der Waals surface area (Å²) < 4.78 is 28.4. The van der Waals surface area contributed by atoms with E-state index in [0.29, 0.717) is 6.42 Å². The topological polar surface area (TPSA) is 54.4 Å². The van der Waals surface area contributed by atoms with Gasteiger partial charge in [0.25, 0.3) is 0 Å². The molecule has 0 amide bonds. The Labute approximate surface area is 80.5 Å². The smallest absolute Gasteiger partial charge is 0.309 e. The monoisotopic (exact) mass is 172 g/mol. The third kappa shape index (κ3) is 13.5. The molecule has 0 spiro atoms. The number of hydrogen-bond acceptors (Lipinski definition) is 2. The second-order valence-electron chi connectivity index (χ2n) is 2.18. The Morgan fingerprint density at radius 2 is 1.91 bits per heavy atom. The molecule has 0 aromatic heterocycles. The van der Waals surface area contributed by atoms with Crippen LogP contribution < -0.4 is 18.9 Å². The summed E-state index contributed by atoms with van der Waals surface area (Å²) in [5.74, 6) is 0.947. The van der Waals surface area contributed by atoms with E-state index in [4.69, 9.17) is 4.55 Å². The van der Waals surface area contributed by atoms with Crippen LogP contribution in [0.1, 0.15) is 32.6 Å². The van der Waals surface area contributed by atoms with Crippen LogP contribution in [0.15, 0.2) is 0 Å². The number of unbranched alkanes of at least 4 members (excludes halogenated alkanes) is 3. The van der Waals surface area contributed by atoms with Crippen molar-refractivity contribution in [3.63, 3.8) is 0 Å². The summed E-state index contributed by atoms with van der Waals surface area (Å²) in [5.41, 5.74) is 0. The normalized spacial score (nSPS) is 10.7. The Morgan fingerprint density at radius 1 is 1.36 bits per heavy atom. The molecular weight excluding hydrogens is 159 g/mol. The zero-order valence-corrected chi connectivity index (χ0v) is 7.89. The van der Waals surface area contributed by atoms with E-state index in [2.05, 4.69) is 0 Å². The summed E-state index contributed by atoms with van der Waals surface area (Å²) in [5, 5.41) is 0. The first-order valence-corrected chi connectivity index (χ1v) is 4.87. The first-order valence-electron chi connectivity index (χ1n) is 3.37. The molecule has 0 bridgehead atoms. The average molecular weight is 172 g/mol.